The van der Waals surface area contributed by atoms with Crippen LogP contribution in [0, 0.1) is 6.92 Å². The number of aryl methyl sites for hydroxylation is 2. The molecule has 0 unspecified atom stereocenters. The van der Waals surface area contributed by atoms with E-state index in [0.29, 0.717) is 0 Å². The molecule has 1 fully saturated rings. The van der Waals surface area contributed by atoms with Gasteiger partial charge < -0.3 is 4.90 Å². The van der Waals surface area contributed by atoms with E-state index in [4.69, 9.17) is 0 Å². The molecule has 130 valence electrons. The van der Waals surface area contributed by atoms with E-state index >= 15 is 0 Å². The van der Waals surface area contributed by atoms with Crippen molar-refractivity contribution in [3.63, 3.8) is 0 Å². The van der Waals surface area contributed by atoms with Gasteiger partial charge >= 0.3 is 0 Å². The molecule has 0 aliphatic carbocycles. The summed E-state index contributed by atoms with van der Waals surface area (Å²) >= 11 is 0. The van der Waals surface area contributed by atoms with Crippen LogP contribution in [0.1, 0.15) is 23.7 Å². The Kier molecular flexibility index (Phi) is 4.36. The standard InChI is InChI=1S/C19H24N6/c1-3-17-12-18(19-21-20-14-25(19)22-17)24-9-7-23(8-10-24)13-16-6-4-5-15(2)11-16/h4-6,11-12,14H,3,7-10,13H2,1-2H3. The van der Waals surface area contributed by atoms with Gasteiger partial charge in [0, 0.05) is 32.7 Å². The van der Waals surface area contributed by atoms with Crippen LogP contribution in [0.25, 0.3) is 5.65 Å². The number of hydrogen-bond donors (Lipinski definition) is 0. The largest absolute Gasteiger partial charge is 0.366 e. The van der Waals surface area contributed by atoms with Gasteiger partial charge in [0.05, 0.1) is 11.4 Å². The van der Waals surface area contributed by atoms with E-state index in [1.807, 2.05) is 0 Å². The van der Waals surface area contributed by atoms with Gasteiger partial charge in [0.15, 0.2) is 0 Å². The highest BCUT2D eigenvalue weighted by Gasteiger charge is 2.20. The molecule has 6 heteroatoms. The maximum absolute atomic E-state index is 4.54. The van der Waals surface area contributed by atoms with Gasteiger partial charge in [-0.25, -0.2) is 0 Å². The van der Waals surface area contributed by atoms with Gasteiger partial charge in [0.1, 0.15) is 6.33 Å². The maximum Gasteiger partial charge on any atom is 0.200 e. The van der Waals surface area contributed by atoms with Crippen LogP contribution in [0.3, 0.4) is 0 Å². The number of piperazine rings is 1. The zero-order valence-electron chi connectivity index (χ0n) is 14.9. The first-order valence-corrected chi connectivity index (χ1v) is 8.95. The molecule has 2 aromatic heterocycles. The average molecular weight is 336 g/mol. The molecule has 1 aromatic carbocycles. The van der Waals surface area contributed by atoms with Crippen molar-refractivity contribution in [2.24, 2.45) is 0 Å². The predicted octanol–water partition coefficient (Wildman–Crippen LogP) is 2.32. The molecule has 1 saturated heterocycles. The van der Waals surface area contributed by atoms with Crippen LogP contribution in [0.5, 0.6) is 0 Å². The molecule has 0 atom stereocenters. The number of rotatable bonds is 4. The summed E-state index contributed by atoms with van der Waals surface area (Å²) in [5, 5.41) is 12.8. The fourth-order valence-corrected chi connectivity index (χ4v) is 3.48. The number of hydrogen-bond acceptors (Lipinski definition) is 5. The minimum atomic E-state index is 0.851. The van der Waals surface area contributed by atoms with Crippen LogP contribution in [0.2, 0.25) is 0 Å². The molecule has 0 spiro atoms. The van der Waals surface area contributed by atoms with Gasteiger partial charge in [0.2, 0.25) is 5.65 Å². The number of aromatic nitrogens is 4. The van der Waals surface area contributed by atoms with E-state index in [0.717, 1.165) is 56.2 Å². The molecular formula is C19H24N6. The molecule has 0 bridgehead atoms. The maximum atomic E-state index is 4.54. The van der Waals surface area contributed by atoms with Crippen LogP contribution in [-0.2, 0) is 13.0 Å². The summed E-state index contributed by atoms with van der Waals surface area (Å²) in [6, 6.07) is 11.0. The van der Waals surface area contributed by atoms with Crippen LogP contribution < -0.4 is 4.90 Å². The van der Waals surface area contributed by atoms with Crippen molar-refractivity contribution >= 4 is 11.3 Å². The van der Waals surface area contributed by atoms with Crippen LogP contribution in [-0.4, -0.2) is 50.9 Å². The number of nitrogens with zero attached hydrogens (tertiary/aromatic N) is 6. The van der Waals surface area contributed by atoms with E-state index < -0.39 is 0 Å². The molecule has 25 heavy (non-hydrogen) atoms. The molecule has 0 radical (unpaired) electrons. The van der Waals surface area contributed by atoms with Gasteiger partial charge in [-0.05, 0) is 25.0 Å². The second kappa shape index (κ2) is 6.80. The molecule has 0 amide bonds. The van der Waals surface area contributed by atoms with Crippen molar-refractivity contribution in [2.75, 3.05) is 31.1 Å². The first-order valence-electron chi connectivity index (χ1n) is 8.95. The monoisotopic (exact) mass is 336 g/mol. The van der Waals surface area contributed by atoms with Crippen molar-refractivity contribution in [3.05, 3.63) is 53.5 Å². The lowest BCUT2D eigenvalue weighted by Crippen LogP contribution is -2.46. The molecule has 0 N–H and O–H groups in total. The van der Waals surface area contributed by atoms with Gasteiger partial charge in [-0.2, -0.15) is 9.61 Å². The van der Waals surface area contributed by atoms with Crippen LogP contribution >= 0.6 is 0 Å². The van der Waals surface area contributed by atoms with Gasteiger partial charge in [0.25, 0.3) is 0 Å². The third-order valence-corrected chi connectivity index (χ3v) is 4.86. The Labute approximate surface area is 148 Å². The van der Waals surface area contributed by atoms with Crippen molar-refractivity contribution in [3.8, 4) is 0 Å². The summed E-state index contributed by atoms with van der Waals surface area (Å²) in [6.07, 6.45) is 2.60. The molecule has 3 heterocycles. The summed E-state index contributed by atoms with van der Waals surface area (Å²) in [7, 11) is 0. The van der Waals surface area contributed by atoms with Crippen molar-refractivity contribution in [1.29, 1.82) is 0 Å². The Morgan fingerprint density at radius 3 is 2.68 bits per heavy atom. The van der Waals surface area contributed by atoms with Crippen LogP contribution in [0.4, 0.5) is 5.69 Å². The smallest absolute Gasteiger partial charge is 0.200 e. The van der Waals surface area contributed by atoms with E-state index in [9.17, 15) is 0 Å². The third kappa shape index (κ3) is 3.35. The molecule has 0 saturated carbocycles. The Bertz CT molecular complexity index is 863. The quantitative estimate of drug-likeness (QED) is 0.732. The fraction of sp³-hybridized carbons (Fsp3) is 0.421. The average Bonchev–Trinajstić information content (AvgIpc) is 3.10. The first-order chi connectivity index (χ1) is 12.2. The first kappa shape index (κ1) is 16.0. The second-order valence-corrected chi connectivity index (χ2v) is 6.73. The summed E-state index contributed by atoms with van der Waals surface area (Å²) in [6.45, 7) is 9.41. The number of benzene rings is 1. The molecule has 6 nitrogen and oxygen atoms in total. The van der Waals surface area contributed by atoms with Gasteiger partial charge in [-0.15, -0.1) is 10.2 Å². The highest BCUT2D eigenvalue weighted by Crippen LogP contribution is 2.22. The minimum Gasteiger partial charge on any atom is -0.366 e. The summed E-state index contributed by atoms with van der Waals surface area (Å²) in [4.78, 5) is 4.94. The van der Waals surface area contributed by atoms with E-state index in [1.54, 1.807) is 10.8 Å². The highest BCUT2D eigenvalue weighted by atomic mass is 15.4. The lowest BCUT2D eigenvalue weighted by molar-refractivity contribution is 0.250. The van der Waals surface area contributed by atoms with E-state index in [2.05, 4.69) is 69.3 Å². The van der Waals surface area contributed by atoms with Crippen molar-refractivity contribution < 1.29 is 0 Å². The minimum absolute atomic E-state index is 0.851. The topological polar surface area (TPSA) is 49.6 Å². The summed E-state index contributed by atoms with van der Waals surface area (Å²) < 4.78 is 1.80. The van der Waals surface area contributed by atoms with E-state index in [1.165, 1.54) is 11.1 Å². The Balaban J connectivity index is 1.48. The summed E-state index contributed by atoms with van der Waals surface area (Å²) in [5.41, 5.74) is 5.80. The lowest BCUT2D eigenvalue weighted by Gasteiger charge is -2.36. The number of anilines is 1. The zero-order chi connectivity index (χ0) is 17.2. The Hall–Kier alpha value is -2.47. The lowest BCUT2D eigenvalue weighted by atomic mass is 10.1. The van der Waals surface area contributed by atoms with Gasteiger partial charge in [-0.3, -0.25) is 4.90 Å². The van der Waals surface area contributed by atoms with Crippen molar-refractivity contribution in [2.45, 2.75) is 26.8 Å². The normalized spacial score (nSPS) is 15.8. The number of fused-ring (bicyclic) bond motifs is 1. The van der Waals surface area contributed by atoms with Crippen LogP contribution in [0.15, 0.2) is 36.7 Å². The Morgan fingerprint density at radius 2 is 1.92 bits per heavy atom. The second-order valence-electron chi connectivity index (χ2n) is 6.73. The van der Waals surface area contributed by atoms with E-state index in [-0.39, 0.29) is 0 Å². The highest BCUT2D eigenvalue weighted by molar-refractivity contribution is 5.68. The SMILES string of the molecule is CCc1cc(N2CCN(Cc3cccc(C)c3)CC2)c2nncn2n1. The van der Waals surface area contributed by atoms with Crippen molar-refractivity contribution in [1.82, 2.24) is 24.7 Å². The predicted molar refractivity (Wildman–Crippen MR) is 98.8 cm³/mol. The molecule has 1 aliphatic rings. The molecule has 3 aromatic rings. The Morgan fingerprint density at radius 1 is 1.08 bits per heavy atom. The molecule has 1 aliphatic heterocycles. The zero-order valence-corrected chi connectivity index (χ0v) is 14.9. The molecule has 4 rings (SSSR count). The van der Waals surface area contributed by atoms with Gasteiger partial charge in [-0.1, -0.05) is 36.8 Å². The summed E-state index contributed by atoms with van der Waals surface area (Å²) in [5.74, 6) is 0. The molecular weight excluding hydrogens is 312 g/mol. The third-order valence-electron chi connectivity index (χ3n) is 4.86. The fourth-order valence-electron chi connectivity index (χ4n) is 3.48.